The molecule has 5 heteroatoms. The third kappa shape index (κ3) is 2.77. The molecular formula is C18H22NO3P. The summed E-state index contributed by atoms with van der Waals surface area (Å²) < 4.78 is 24.1. The summed E-state index contributed by atoms with van der Waals surface area (Å²) in [4.78, 5) is 0. The Morgan fingerprint density at radius 2 is 1.70 bits per heavy atom. The van der Waals surface area contributed by atoms with Crippen molar-refractivity contribution >= 4 is 7.60 Å². The minimum absolute atomic E-state index is 0.603. The summed E-state index contributed by atoms with van der Waals surface area (Å²) in [5.41, 5.74) is 3.35. The van der Waals surface area contributed by atoms with E-state index in [-0.39, 0.29) is 0 Å². The zero-order valence-electron chi connectivity index (χ0n) is 13.5. The van der Waals surface area contributed by atoms with Gasteiger partial charge in [0.05, 0.1) is 0 Å². The molecule has 1 aliphatic rings. The molecule has 1 unspecified atom stereocenters. The van der Waals surface area contributed by atoms with Gasteiger partial charge < -0.3 is 9.05 Å². The molecule has 0 radical (unpaired) electrons. The lowest BCUT2D eigenvalue weighted by Crippen LogP contribution is -2.40. The molecule has 1 aliphatic carbocycles. The van der Waals surface area contributed by atoms with Crippen molar-refractivity contribution in [1.29, 1.82) is 0 Å². The Bertz CT molecular complexity index is 711. The van der Waals surface area contributed by atoms with Crippen molar-refractivity contribution in [2.45, 2.75) is 24.7 Å². The largest absolute Gasteiger partial charge is 0.354 e. The van der Waals surface area contributed by atoms with Crippen LogP contribution in [-0.4, -0.2) is 14.2 Å². The van der Waals surface area contributed by atoms with Gasteiger partial charge in [0.2, 0.25) is 0 Å². The van der Waals surface area contributed by atoms with Crippen molar-refractivity contribution < 1.29 is 13.6 Å². The van der Waals surface area contributed by atoms with E-state index in [4.69, 9.17) is 9.05 Å². The van der Waals surface area contributed by atoms with Crippen LogP contribution in [0.3, 0.4) is 0 Å². The first-order valence-corrected chi connectivity index (χ1v) is 9.28. The van der Waals surface area contributed by atoms with Gasteiger partial charge >= 0.3 is 7.60 Å². The second-order valence-electron chi connectivity index (χ2n) is 5.72. The number of hydrogen-bond donors (Lipinski definition) is 1. The highest BCUT2D eigenvalue weighted by Crippen LogP contribution is 2.67. The van der Waals surface area contributed by atoms with E-state index in [1.54, 1.807) is 0 Å². The number of aryl methyl sites for hydroxylation is 1. The molecule has 2 aromatic carbocycles. The highest BCUT2D eigenvalue weighted by Gasteiger charge is 2.54. The van der Waals surface area contributed by atoms with E-state index in [0.29, 0.717) is 13.0 Å². The average Bonchev–Trinajstić information content (AvgIpc) is 3.01. The summed E-state index contributed by atoms with van der Waals surface area (Å²) in [6, 6.07) is 18.2. The van der Waals surface area contributed by atoms with Gasteiger partial charge in [0.15, 0.2) is 0 Å². The molecule has 3 rings (SSSR count). The van der Waals surface area contributed by atoms with Gasteiger partial charge in [0, 0.05) is 20.8 Å². The maximum absolute atomic E-state index is 13.4. The minimum atomic E-state index is -3.34. The van der Waals surface area contributed by atoms with Gasteiger partial charge in [-0.15, -0.1) is 0 Å². The average molecular weight is 331 g/mol. The Balaban J connectivity index is 2.01. The maximum Gasteiger partial charge on any atom is 0.354 e. The molecule has 23 heavy (non-hydrogen) atoms. The van der Waals surface area contributed by atoms with Crippen LogP contribution >= 0.6 is 7.60 Å². The summed E-state index contributed by atoms with van der Waals surface area (Å²) in [6.07, 6.45) is 1.55. The first-order chi connectivity index (χ1) is 11.1. The van der Waals surface area contributed by atoms with E-state index >= 15 is 0 Å². The Morgan fingerprint density at radius 1 is 1.04 bits per heavy atom. The first-order valence-electron chi connectivity index (χ1n) is 7.74. The molecule has 4 nitrogen and oxygen atoms in total. The van der Waals surface area contributed by atoms with Crippen LogP contribution in [0.2, 0.25) is 0 Å². The topological polar surface area (TPSA) is 47.6 Å². The lowest BCUT2D eigenvalue weighted by atomic mass is 10.1. The minimum Gasteiger partial charge on any atom is -0.310 e. The quantitative estimate of drug-likeness (QED) is 0.811. The van der Waals surface area contributed by atoms with Crippen molar-refractivity contribution in [1.82, 2.24) is 5.32 Å². The van der Waals surface area contributed by atoms with Crippen LogP contribution in [0.15, 0.2) is 54.6 Å². The van der Waals surface area contributed by atoms with E-state index in [2.05, 4.69) is 11.4 Å². The molecule has 0 aromatic heterocycles. The maximum atomic E-state index is 13.4. The standard InChI is InChI=1S/C18H22NO3P/c1-21-23(20,22-2)18(19-14-15-8-4-3-5-9-15)13-12-16-10-6-7-11-17(16)18/h3-11,19H,12-14H2,1-2H3. The molecule has 1 N–H and O–H groups in total. The van der Waals surface area contributed by atoms with Crippen LogP contribution in [0.4, 0.5) is 0 Å². The van der Waals surface area contributed by atoms with Gasteiger partial charge in [-0.3, -0.25) is 9.88 Å². The van der Waals surface area contributed by atoms with E-state index in [1.165, 1.54) is 19.8 Å². The smallest absolute Gasteiger partial charge is 0.310 e. The summed E-state index contributed by atoms with van der Waals surface area (Å²) in [6.45, 7) is 0.603. The SMILES string of the molecule is COP(=O)(OC)C1(NCc2ccccc2)CCc2ccccc21. The Morgan fingerprint density at radius 3 is 2.39 bits per heavy atom. The molecule has 0 heterocycles. The van der Waals surface area contributed by atoms with Gasteiger partial charge in [-0.25, -0.2) is 0 Å². The molecule has 0 saturated heterocycles. The van der Waals surface area contributed by atoms with Gasteiger partial charge in [-0.2, -0.15) is 0 Å². The third-order valence-corrected chi connectivity index (χ3v) is 7.11. The number of nitrogens with one attached hydrogen (secondary N) is 1. The van der Waals surface area contributed by atoms with Gasteiger partial charge in [0.25, 0.3) is 0 Å². The molecule has 0 aliphatic heterocycles. The van der Waals surface area contributed by atoms with E-state index in [1.807, 2.05) is 48.5 Å². The predicted molar refractivity (Wildman–Crippen MR) is 91.3 cm³/mol. The number of hydrogen-bond acceptors (Lipinski definition) is 4. The third-order valence-electron chi connectivity index (χ3n) is 4.60. The molecule has 0 spiro atoms. The zero-order chi connectivity index (χ0) is 16.3. The van der Waals surface area contributed by atoms with Crippen molar-refractivity contribution in [3.05, 3.63) is 71.3 Å². The van der Waals surface area contributed by atoms with E-state index < -0.39 is 12.9 Å². The van der Waals surface area contributed by atoms with Crippen LogP contribution in [0.5, 0.6) is 0 Å². The van der Waals surface area contributed by atoms with Crippen LogP contribution in [0.25, 0.3) is 0 Å². The molecule has 0 amide bonds. The molecule has 122 valence electrons. The fourth-order valence-corrected chi connectivity index (χ4v) is 5.33. The van der Waals surface area contributed by atoms with Gasteiger partial charge in [0.1, 0.15) is 5.28 Å². The van der Waals surface area contributed by atoms with E-state index in [9.17, 15) is 4.57 Å². The Hall–Kier alpha value is -1.45. The Kier molecular flexibility index (Phi) is 4.69. The first kappa shape index (κ1) is 16.4. The monoisotopic (exact) mass is 331 g/mol. The van der Waals surface area contributed by atoms with Crippen molar-refractivity contribution in [2.24, 2.45) is 0 Å². The molecule has 0 fully saturated rings. The second-order valence-corrected chi connectivity index (χ2v) is 8.21. The molecular weight excluding hydrogens is 309 g/mol. The second kappa shape index (κ2) is 6.58. The zero-order valence-corrected chi connectivity index (χ0v) is 14.4. The van der Waals surface area contributed by atoms with Crippen LogP contribution < -0.4 is 5.32 Å². The molecule has 0 saturated carbocycles. The van der Waals surface area contributed by atoms with Gasteiger partial charge in [-0.1, -0.05) is 54.6 Å². The highest BCUT2D eigenvalue weighted by molar-refractivity contribution is 7.55. The summed E-state index contributed by atoms with van der Waals surface area (Å²) in [7, 11) is -0.429. The summed E-state index contributed by atoms with van der Waals surface area (Å²) in [5, 5.41) is 2.69. The highest BCUT2D eigenvalue weighted by atomic mass is 31.2. The predicted octanol–water partition coefficient (Wildman–Crippen LogP) is 4.06. The van der Waals surface area contributed by atoms with E-state index in [0.717, 1.165) is 17.5 Å². The summed E-state index contributed by atoms with van der Waals surface area (Å²) in [5.74, 6) is 0. The van der Waals surface area contributed by atoms with Crippen LogP contribution in [0.1, 0.15) is 23.1 Å². The van der Waals surface area contributed by atoms with Gasteiger partial charge in [-0.05, 0) is 29.5 Å². The Labute approximate surface area is 137 Å². The number of fused-ring (bicyclic) bond motifs is 1. The number of benzene rings is 2. The molecule has 2 aromatic rings. The molecule has 0 bridgehead atoms. The fraction of sp³-hybridized carbons (Fsp3) is 0.333. The van der Waals surface area contributed by atoms with Crippen molar-refractivity contribution in [3.8, 4) is 0 Å². The van der Waals surface area contributed by atoms with Crippen LogP contribution in [-0.2, 0) is 31.9 Å². The molecule has 1 atom stereocenters. The van der Waals surface area contributed by atoms with Crippen molar-refractivity contribution in [3.63, 3.8) is 0 Å². The normalized spacial score (nSPS) is 20.4. The van der Waals surface area contributed by atoms with Crippen LogP contribution in [0, 0.1) is 0 Å². The number of rotatable bonds is 6. The lowest BCUT2D eigenvalue weighted by molar-refractivity contribution is 0.227. The lowest BCUT2D eigenvalue weighted by Gasteiger charge is -2.36. The summed E-state index contributed by atoms with van der Waals surface area (Å²) >= 11 is 0. The van der Waals surface area contributed by atoms with Crippen molar-refractivity contribution in [2.75, 3.05) is 14.2 Å². The fourth-order valence-electron chi connectivity index (χ4n) is 3.39.